The monoisotopic (exact) mass is 498 g/mol. The van der Waals surface area contributed by atoms with E-state index >= 15 is 0 Å². The highest BCUT2D eigenvalue weighted by molar-refractivity contribution is 7.96. The van der Waals surface area contributed by atoms with Gasteiger partial charge in [0.1, 0.15) is 23.2 Å². The Hall–Kier alpha value is -1.96. The van der Waals surface area contributed by atoms with Crippen molar-refractivity contribution in [3.05, 3.63) is 91.0 Å². The summed E-state index contributed by atoms with van der Waals surface area (Å²) in [6, 6.07) is 31.8. The summed E-state index contributed by atoms with van der Waals surface area (Å²) in [6.45, 7) is 4.50. The number of esters is 1. The average Bonchev–Trinajstić information content (AvgIpc) is 2.81. The van der Waals surface area contributed by atoms with Gasteiger partial charge in [0.15, 0.2) is 5.66 Å². The van der Waals surface area contributed by atoms with Gasteiger partial charge in [0.2, 0.25) is 0 Å². The third-order valence-electron chi connectivity index (χ3n) is 5.60. The highest BCUT2D eigenvalue weighted by Crippen LogP contribution is 2.61. The van der Waals surface area contributed by atoms with E-state index < -0.39 is 7.26 Å². The van der Waals surface area contributed by atoms with Crippen LogP contribution in [0.25, 0.3) is 0 Å². The molecule has 0 fully saturated rings. The molecule has 1 atom stereocenters. The van der Waals surface area contributed by atoms with Crippen molar-refractivity contribution in [2.45, 2.75) is 45.2 Å². The van der Waals surface area contributed by atoms with Gasteiger partial charge >= 0.3 is 5.97 Å². The number of rotatable bonds is 10. The van der Waals surface area contributed by atoms with Crippen LogP contribution in [-0.2, 0) is 9.53 Å². The number of benzene rings is 3. The van der Waals surface area contributed by atoms with Crippen molar-refractivity contribution in [1.29, 1.82) is 0 Å². The van der Waals surface area contributed by atoms with Crippen LogP contribution in [0.15, 0.2) is 91.0 Å². The van der Waals surface area contributed by atoms with E-state index in [4.69, 9.17) is 4.74 Å². The molecule has 3 aromatic carbocycles. The Morgan fingerprint density at radius 1 is 0.742 bits per heavy atom. The van der Waals surface area contributed by atoms with Gasteiger partial charge in [-0.3, -0.25) is 0 Å². The van der Waals surface area contributed by atoms with E-state index in [2.05, 4.69) is 79.7 Å². The molecule has 0 aromatic heterocycles. The van der Waals surface area contributed by atoms with Crippen molar-refractivity contribution < 1.29 is 26.5 Å². The number of ether oxygens (including phenoxy) is 1. The molecule has 2 nitrogen and oxygen atoms in total. The maximum absolute atomic E-state index is 13.5. The van der Waals surface area contributed by atoms with E-state index in [0.717, 1.165) is 25.7 Å². The molecule has 164 valence electrons. The Morgan fingerprint density at radius 2 is 1.16 bits per heavy atom. The minimum atomic E-state index is -2.26. The number of unbranched alkanes of at least 4 members (excludes halogenated alkanes) is 2. The van der Waals surface area contributed by atoms with E-state index in [1.54, 1.807) is 0 Å². The van der Waals surface area contributed by atoms with Gasteiger partial charge < -0.3 is 21.7 Å². The summed E-state index contributed by atoms with van der Waals surface area (Å²) < 4.78 is 5.69. The molecule has 0 spiro atoms. The largest absolute Gasteiger partial charge is 1.00 e. The molecule has 3 aromatic rings. The summed E-state index contributed by atoms with van der Waals surface area (Å²) in [4.78, 5) is 13.5. The van der Waals surface area contributed by atoms with Crippen LogP contribution in [0.5, 0.6) is 0 Å². The van der Waals surface area contributed by atoms with Crippen LogP contribution >= 0.6 is 7.26 Å². The lowest BCUT2D eigenvalue weighted by Gasteiger charge is -2.33. The van der Waals surface area contributed by atoms with Crippen LogP contribution in [0.2, 0.25) is 0 Å². The van der Waals surface area contributed by atoms with Gasteiger partial charge in [-0.2, -0.15) is 0 Å². The Morgan fingerprint density at radius 3 is 1.52 bits per heavy atom. The Kier molecular flexibility index (Phi) is 10.4. The van der Waals surface area contributed by atoms with Gasteiger partial charge in [-0.05, 0) is 56.2 Å². The fourth-order valence-electron chi connectivity index (χ4n) is 4.27. The zero-order valence-corrected chi connectivity index (χ0v) is 20.9. The topological polar surface area (TPSA) is 26.3 Å². The normalized spacial score (nSPS) is 11.9. The van der Waals surface area contributed by atoms with Crippen molar-refractivity contribution >= 4 is 29.1 Å². The predicted molar refractivity (Wildman–Crippen MR) is 130 cm³/mol. The molecule has 0 heterocycles. The zero-order valence-electron chi connectivity index (χ0n) is 18.4. The molecular weight excluding hydrogens is 467 g/mol. The molecule has 1 unspecified atom stereocenters. The predicted octanol–water partition coefficient (Wildman–Crippen LogP) is 2.50. The minimum Gasteiger partial charge on any atom is -1.00 e. The summed E-state index contributed by atoms with van der Waals surface area (Å²) in [5, 5.41) is 3.70. The number of carbonyl (C=O) groups excluding carboxylic acids is 1. The Bertz CT molecular complexity index is 804. The molecule has 0 N–H and O–H groups in total. The molecule has 0 saturated carbocycles. The first-order valence-corrected chi connectivity index (χ1v) is 12.8. The molecule has 0 aliphatic carbocycles. The lowest BCUT2D eigenvalue weighted by molar-refractivity contribution is -0.142. The number of halogens is 1. The highest BCUT2D eigenvalue weighted by Gasteiger charge is 2.55. The average molecular weight is 499 g/mol. The van der Waals surface area contributed by atoms with Crippen LogP contribution < -0.4 is 32.9 Å². The summed E-state index contributed by atoms with van der Waals surface area (Å²) in [7, 11) is -2.26. The summed E-state index contributed by atoms with van der Waals surface area (Å²) >= 11 is 0. The maximum atomic E-state index is 13.5. The second-order valence-corrected chi connectivity index (χ2v) is 11.1. The minimum absolute atomic E-state index is 0. The first-order valence-electron chi connectivity index (χ1n) is 11.0. The number of hydrogen-bond acceptors (Lipinski definition) is 2. The van der Waals surface area contributed by atoms with Crippen LogP contribution in [0, 0.1) is 0 Å². The van der Waals surface area contributed by atoms with E-state index in [-0.39, 0.29) is 28.6 Å². The fourth-order valence-corrected chi connectivity index (χ4v) is 9.13. The summed E-state index contributed by atoms with van der Waals surface area (Å²) in [6.07, 6.45) is 4.10. The van der Waals surface area contributed by atoms with Gasteiger partial charge in [0.05, 0.1) is 6.61 Å². The molecule has 31 heavy (non-hydrogen) atoms. The van der Waals surface area contributed by atoms with E-state index in [1.165, 1.54) is 15.9 Å². The quantitative estimate of drug-likeness (QED) is 0.244. The van der Waals surface area contributed by atoms with Gasteiger partial charge in [-0.15, -0.1) is 0 Å². The second kappa shape index (κ2) is 12.8. The van der Waals surface area contributed by atoms with Crippen molar-refractivity contribution in [1.82, 2.24) is 0 Å². The van der Waals surface area contributed by atoms with E-state index in [1.807, 2.05) is 25.1 Å². The van der Waals surface area contributed by atoms with Crippen LogP contribution in [0.1, 0.15) is 39.5 Å². The van der Waals surface area contributed by atoms with Crippen LogP contribution in [0.3, 0.4) is 0 Å². The second-order valence-electron chi connectivity index (χ2n) is 7.49. The molecule has 4 heteroatoms. The smallest absolute Gasteiger partial charge is 0.348 e. The van der Waals surface area contributed by atoms with Gasteiger partial charge in [0, 0.05) is 0 Å². The summed E-state index contributed by atoms with van der Waals surface area (Å²) in [5.41, 5.74) is -0.198. The van der Waals surface area contributed by atoms with Crippen LogP contribution in [-0.4, -0.2) is 18.2 Å². The molecule has 0 aliphatic rings. The SMILES string of the molecule is CCCCCC(C(=O)OCC)[P+](c1ccccc1)(c1ccccc1)c1ccccc1.[Br-]. The molecule has 0 aliphatic heterocycles. The van der Waals surface area contributed by atoms with Gasteiger partial charge in [-0.1, -0.05) is 74.4 Å². The third kappa shape index (κ3) is 5.64. The van der Waals surface area contributed by atoms with E-state index in [9.17, 15) is 4.79 Å². The molecule has 3 rings (SSSR count). The van der Waals surface area contributed by atoms with Crippen molar-refractivity contribution in [3.8, 4) is 0 Å². The molecule has 0 saturated heterocycles. The molecule has 0 amide bonds. The zero-order chi connectivity index (χ0) is 21.2. The van der Waals surface area contributed by atoms with Crippen molar-refractivity contribution in [3.63, 3.8) is 0 Å². The Labute approximate surface area is 198 Å². The summed E-state index contributed by atoms with van der Waals surface area (Å²) in [5.74, 6) is -0.0708. The molecular formula is C27H32BrO2P. The van der Waals surface area contributed by atoms with Crippen molar-refractivity contribution in [2.24, 2.45) is 0 Å². The number of carbonyl (C=O) groups is 1. The van der Waals surface area contributed by atoms with Crippen LogP contribution in [0.4, 0.5) is 0 Å². The fraction of sp³-hybridized carbons (Fsp3) is 0.296. The lowest BCUT2D eigenvalue weighted by atomic mass is 10.1. The van der Waals surface area contributed by atoms with Gasteiger partial charge in [0.25, 0.3) is 0 Å². The molecule has 0 bridgehead atoms. The number of hydrogen-bond donors (Lipinski definition) is 0. The third-order valence-corrected chi connectivity index (χ3v) is 10.3. The first kappa shape index (κ1) is 25.3. The first-order chi connectivity index (χ1) is 14.7. The van der Waals surface area contributed by atoms with E-state index in [0.29, 0.717) is 6.61 Å². The molecule has 0 radical (unpaired) electrons. The maximum Gasteiger partial charge on any atom is 0.348 e. The Balaban J connectivity index is 0.00000341. The van der Waals surface area contributed by atoms with Gasteiger partial charge in [-0.25, -0.2) is 4.79 Å². The lowest BCUT2D eigenvalue weighted by Crippen LogP contribution is -3.00. The van der Waals surface area contributed by atoms with Crippen molar-refractivity contribution in [2.75, 3.05) is 6.61 Å². The highest BCUT2D eigenvalue weighted by atomic mass is 79.9. The standard InChI is InChI=1S/C27H32O2P.BrH/c1-3-5-9-22-26(27(28)29-4-2)30(23-16-10-6-11-17-23,24-18-12-7-13-19-24)25-20-14-8-15-21-25;/h6-8,10-21,26H,3-5,9,22H2,1-2H3;1H/q+1;/p-1.